The van der Waals surface area contributed by atoms with Gasteiger partial charge in [-0.15, -0.1) is 0 Å². The maximum Gasteiger partial charge on any atom is 0.249 e. The second-order valence-electron chi connectivity index (χ2n) is 4.80. The summed E-state index contributed by atoms with van der Waals surface area (Å²) in [5, 5.41) is 0.504. The number of rotatable bonds is 5. The highest BCUT2D eigenvalue weighted by atomic mass is 32.2. The largest absolute Gasteiger partial charge is 0.382 e. The Bertz CT molecular complexity index is 734. The molecule has 10 heteroatoms. The van der Waals surface area contributed by atoms with Crippen molar-refractivity contribution in [1.29, 1.82) is 0 Å². The summed E-state index contributed by atoms with van der Waals surface area (Å²) in [7, 11) is 2.96. The highest BCUT2D eigenvalue weighted by Gasteiger charge is 2.29. The van der Waals surface area contributed by atoms with Crippen LogP contribution in [0, 0.1) is 0 Å². The summed E-state index contributed by atoms with van der Waals surface area (Å²) < 4.78 is 31.7. The van der Waals surface area contributed by atoms with Gasteiger partial charge >= 0.3 is 0 Å². The molecule has 0 radical (unpaired) electrons. The van der Waals surface area contributed by atoms with Crippen LogP contribution in [0.4, 0.5) is 10.8 Å². The van der Waals surface area contributed by atoms with Gasteiger partial charge in [-0.05, 0) is 11.5 Å². The summed E-state index contributed by atoms with van der Waals surface area (Å²) in [6, 6.07) is 0. The van der Waals surface area contributed by atoms with Gasteiger partial charge in [0.05, 0.1) is 6.54 Å². The molecule has 2 rings (SSSR count). The summed E-state index contributed by atoms with van der Waals surface area (Å²) in [4.78, 5) is 6.06. The molecule has 0 fully saturated rings. The van der Waals surface area contributed by atoms with E-state index in [0.717, 1.165) is 21.7 Å². The van der Waals surface area contributed by atoms with Gasteiger partial charge in [0.2, 0.25) is 10.0 Å². The molecule has 21 heavy (non-hydrogen) atoms. The normalized spacial score (nSPS) is 12.0. The SMILES string of the molecule is CN(Cc1nccn1C)c1snc(N)c1S(=O)(=O)N(C)C. The summed E-state index contributed by atoms with van der Waals surface area (Å²) in [5.41, 5.74) is 5.75. The Morgan fingerprint density at radius 3 is 2.57 bits per heavy atom. The smallest absolute Gasteiger partial charge is 0.249 e. The van der Waals surface area contributed by atoms with Crippen molar-refractivity contribution in [3.8, 4) is 0 Å². The second-order valence-corrected chi connectivity index (χ2v) is 7.64. The van der Waals surface area contributed by atoms with E-state index in [1.807, 2.05) is 17.8 Å². The molecule has 0 aliphatic rings. The van der Waals surface area contributed by atoms with Gasteiger partial charge in [-0.1, -0.05) is 0 Å². The van der Waals surface area contributed by atoms with Crippen LogP contribution in [0.1, 0.15) is 5.82 Å². The van der Waals surface area contributed by atoms with Crippen LogP contribution in [-0.2, 0) is 23.6 Å². The van der Waals surface area contributed by atoms with E-state index in [1.54, 1.807) is 18.1 Å². The molecule has 0 aliphatic carbocycles. The minimum atomic E-state index is -3.64. The minimum Gasteiger partial charge on any atom is -0.382 e. The fourth-order valence-electron chi connectivity index (χ4n) is 1.79. The molecule has 0 saturated heterocycles. The Labute approximate surface area is 128 Å². The molecule has 0 unspecified atom stereocenters. The number of aromatic nitrogens is 3. The third-order valence-electron chi connectivity index (χ3n) is 3.04. The van der Waals surface area contributed by atoms with Crippen LogP contribution < -0.4 is 10.6 Å². The van der Waals surface area contributed by atoms with Gasteiger partial charge in [0.15, 0.2) is 10.7 Å². The van der Waals surface area contributed by atoms with E-state index in [0.29, 0.717) is 11.5 Å². The topological polar surface area (TPSA) is 97.3 Å². The van der Waals surface area contributed by atoms with Crippen molar-refractivity contribution in [3.05, 3.63) is 18.2 Å². The highest BCUT2D eigenvalue weighted by molar-refractivity contribution is 7.89. The van der Waals surface area contributed by atoms with E-state index in [1.165, 1.54) is 14.1 Å². The number of hydrogen-bond donors (Lipinski definition) is 1. The van der Waals surface area contributed by atoms with Crippen molar-refractivity contribution in [3.63, 3.8) is 0 Å². The lowest BCUT2D eigenvalue weighted by Gasteiger charge is -2.19. The zero-order valence-electron chi connectivity index (χ0n) is 12.3. The number of nitrogens with zero attached hydrogens (tertiary/aromatic N) is 5. The van der Waals surface area contributed by atoms with Crippen LogP contribution in [-0.4, -0.2) is 47.8 Å². The average Bonchev–Trinajstić information content (AvgIpc) is 2.96. The molecule has 0 aromatic carbocycles. The van der Waals surface area contributed by atoms with Crippen LogP contribution >= 0.6 is 11.5 Å². The Kier molecular flexibility index (Phi) is 4.21. The number of sulfonamides is 1. The van der Waals surface area contributed by atoms with Crippen LogP contribution in [0.2, 0.25) is 0 Å². The van der Waals surface area contributed by atoms with Gasteiger partial charge in [-0.3, -0.25) is 0 Å². The predicted octanol–water partition coefficient (Wildman–Crippen LogP) is 0.345. The number of anilines is 2. The molecule has 2 aromatic heterocycles. The number of imidazole rings is 1. The monoisotopic (exact) mass is 330 g/mol. The van der Waals surface area contributed by atoms with Crippen molar-refractivity contribution in [2.45, 2.75) is 11.4 Å². The van der Waals surface area contributed by atoms with Gasteiger partial charge in [0.25, 0.3) is 0 Å². The lowest BCUT2D eigenvalue weighted by Crippen LogP contribution is -2.26. The van der Waals surface area contributed by atoms with E-state index in [2.05, 4.69) is 9.36 Å². The fraction of sp³-hybridized carbons (Fsp3) is 0.455. The fourth-order valence-corrected chi connectivity index (χ4v) is 3.99. The van der Waals surface area contributed by atoms with Gasteiger partial charge in [-0.2, -0.15) is 4.37 Å². The molecule has 2 aromatic rings. The van der Waals surface area contributed by atoms with Crippen molar-refractivity contribution in [2.24, 2.45) is 7.05 Å². The highest BCUT2D eigenvalue weighted by Crippen LogP contribution is 2.35. The lowest BCUT2D eigenvalue weighted by molar-refractivity contribution is 0.521. The lowest BCUT2D eigenvalue weighted by atomic mass is 10.5. The van der Waals surface area contributed by atoms with Crippen molar-refractivity contribution < 1.29 is 8.42 Å². The number of nitrogens with two attached hydrogens (primary N) is 1. The molecule has 2 N–H and O–H groups in total. The Morgan fingerprint density at radius 1 is 1.38 bits per heavy atom. The van der Waals surface area contributed by atoms with E-state index in [9.17, 15) is 8.42 Å². The molecule has 0 atom stereocenters. The van der Waals surface area contributed by atoms with E-state index in [4.69, 9.17) is 5.73 Å². The standard InChI is InChI=1S/C11H18N6O2S2/c1-15(2)21(18,19)9-10(12)14-20-11(9)17(4)7-8-13-5-6-16(8)3/h5-6H,7H2,1-4H3,(H2,12,14). The number of nitrogen functional groups attached to an aromatic ring is 1. The van der Waals surface area contributed by atoms with E-state index < -0.39 is 10.0 Å². The number of aryl methyl sites for hydroxylation is 1. The molecule has 0 saturated carbocycles. The molecule has 2 heterocycles. The summed E-state index contributed by atoms with van der Waals surface area (Å²) in [5.74, 6) is 0.841. The Balaban J connectivity index is 2.40. The molecule has 0 aliphatic heterocycles. The molecular weight excluding hydrogens is 312 g/mol. The minimum absolute atomic E-state index is 0.0235. The van der Waals surface area contributed by atoms with Gasteiger partial charge < -0.3 is 15.2 Å². The Morgan fingerprint density at radius 2 is 2.05 bits per heavy atom. The summed E-state index contributed by atoms with van der Waals surface area (Å²) in [6.07, 6.45) is 3.53. The number of hydrogen-bond acceptors (Lipinski definition) is 7. The van der Waals surface area contributed by atoms with Crippen LogP contribution in [0.3, 0.4) is 0 Å². The first-order valence-electron chi connectivity index (χ1n) is 6.10. The molecule has 0 bridgehead atoms. The first kappa shape index (κ1) is 15.7. The molecular formula is C11H18N6O2S2. The van der Waals surface area contributed by atoms with Gasteiger partial charge in [0, 0.05) is 40.6 Å². The van der Waals surface area contributed by atoms with Gasteiger partial charge in [-0.25, -0.2) is 17.7 Å². The third-order valence-corrected chi connectivity index (χ3v) is 6.03. The second kappa shape index (κ2) is 5.62. The summed E-state index contributed by atoms with van der Waals surface area (Å²) >= 11 is 1.06. The molecule has 0 spiro atoms. The quantitative estimate of drug-likeness (QED) is 0.849. The van der Waals surface area contributed by atoms with Crippen molar-refractivity contribution in [1.82, 2.24) is 18.2 Å². The van der Waals surface area contributed by atoms with E-state index in [-0.39, 0.29) is 10.7 Å². The first-order valence-corrected chi connectivity index (χ1v) is 8.31. The maximum absolute atomic E-state index is 12.4. The van der Waals surface area contributed by atoms with Crippen LogP contribution in [0.15, 0.2) is 17.3 Å². The third kappa shape index (κ3) is 2.87. The zero-order chi connectivity index (χ0) is 15.8. The average molecular weight is 330 g/mol. The van der Waals surface area contributed by atoms with Crippen LogP contribution in [0.5, 0.6) is 0 Å². The van der Waals surface area contributed by atoms with Crippen LogP contribution in [0.25, 0.3) is 0 Å². The van der Waals surface area contributed by atoms with Crippen molar-refractivity contribution >= 4 is 32.4 Å². The Hall–Kier alpha value is -1.65. The predicted molar refractivity (Wildman–Crippen MR) is 82.7 cm³/mol. The van der Waals surface area contributed by atoms with Gasteiger partial charge in [0.1, 0.15) is 10.8 Å². The van der Waals surface area contributed by atoms with Crippen molar-refractivity contribution in [2.75, 3.05) is 31.8 Å². The summed E-state index contributed by atoms with van der Waals surface area (Å²) in [6.45, 7) is 0.459. The molecule has 8 nitrogen and oxygen atoms in total. The van der Waals surface area contributed by atoms with E-state index >= 15 is 0 Å². The zero-order valence-corrected chi connectivity index (χ0v) is 13.9. The molecule has 116 valence electrons. The molecule has 0 amide bonds. The first-order chi connectivity index (χ1) is 9.75. The maximum atomic E-state index is 12.4.